The Morgan fingerprint density at radius 3 is 3.07 bits per heavy atom. The van der Waals surface area contributed by atoms with Crippen molar-refractivity contribution in [3.05, 3.63) is 22.2 Å². The standard InChI is InChI=1S/C9H8BrNO3/c1-13-6-3-2-5(10)7-8(6)14-4-11-9(7)12/h2-3H,4H2,1H3,(H,11,12). The van der Waals surface area contributed by atoms with Crippen molar-refractivity contribution in [2.45, 2.75) is 0 Å². The molecular formula is C9H8BrNO3. The van der Waals surface area contributed by atoms with Crippen LogP contribution in [0.4, 0.5) is 0 Å². The van der Waals surface area contributed by atoms with Gasteiger partial charge in [-0.15, -0.1) is 0 Å². The van der Waals surface area contributed by atoms with Crippen molar-refractivity contribution in [2.75, 3.05) is 13.8 Å². The Morgan fingerprint density at radius 1 is 1.57 bits per heavy atom. The molecular weight excluding hydrogens is 250 g/mol. The number of ether oxygens (including phenoxy) is 2. The molecule has 0 aliphatic carbocycles. The fourth-order valence-electron chi connectivity index (χ4n) is 1.32. The average molecular weight is 258 g/mol. The fraction of sp³-hybridized carbons (Fsp3) is 0.222. The summed E-state index contributed by atoms with van der Waals surface area (Å²) in [4.78, 5) is 11.5. The van der Waals surface area contributed by atoms with Crippen LogP contribution in [0.25, 0.3) is 0 Å². The Bertz CT molecular complexity index is 392. The maximum atomic E-state index is 11.5. The number of methoxy groups -OCH3 is 1. The SMILES string of the molecule is COc1ccc(Br)c2c1OCNC2=O. The van der Waals surface area contributed by atoms with E-state index in [1.165, 1.54) is 0 Å². The summed E-state index contributed by atoms with van der Waals surface area (Å²) in [6.07, 6.45) is 0. The molecule has 2 rings (SSSR count). The van der Waals surface area contributed by atoms with E-state index in [0.717, 1.165) is 0 Å². The average Bonchev–Trinajstić information content (AvgIpc) is 2.18. The summed E-state index contributed by atoms with van der Waals surface area (Å²) in [6.45, 7) is 0.179. The van der Waals surface area contributed by atoms with E-state index in [1.54, 1.807) is 19.2 Å². The number of amides is 1. The van der Waals surface area contributed by atoms with Gasteiger partial charge in [0.1, 0.15) is 0 Å². The van der Waals surface area contributed by atoms with Crippen LogP contribution in [0.2, 0.25) is 0 Å². The highest BCUT2D eigenvalue weighted by atomic mass is 79.9. The van der Waals surface area contributed by atoms with Gasteiger partial charge in [-0.25, -0.2) is 0 Å². The number of hydrogen-bond donors (Lipinski definition) is 1. The maximum Gasteiger partial charge on any atom is 0.258 e. The maximum absolute atomic E-state index is 11.5. The number of halogens is 1. The molecule has 0 spiro atoms. The van der Waals surface area contributed by atoms with E-state index in [4.69, 9.17) is 9.47 Å². The van der Waals surface area contributed by atoms with Gasteiger partial charge >= 0.3 is 0 Å². The van der Waals surface area contributed by atoms with E-state index < -0.39 is 0 Å². The van der Waals surface area contributed by atoms with E-state index in [2.05, 4.69) is 21.2 Å². The number of rotatable bonds is 1. The van der Waals surface area contributed by atoms with E-state index in [1.807, 2.05) is 0 Å². The Balaban J connectivity index is 2.63. The van der Waals surface area contributed by atoms with E-state index >= 15 is 0 Å². The van der Waals surface area contributed by atoms with Crippen molar-refractivity contribution in [3.63, 3.8) is 0 Å². The zero-order valence-corrected chi connectivity index (χ0v) is 9.05. The van der Waals surface area contributed by atoms with Crippen molar-refractivity contribution < 1.29 is 14.3 Å². The van der Waals surface area contributed by atoms with Crippen molar-refractivity contribution in [1.82, 2.24) is 5.32 Å². The van der Waals surface area contributed by atoms with Crippen LogP contribution in [0.5, 0.6) is 11.5 Å². The van der Waals surface area contributed by atoms with Crippen LogP contribution in [0, 0.1) is 0 Å². The van der Waals surface area contributed by atoms with Crippen LogP contribution in [-0.2, 0) is 0 Å². The number of carbonyl (C=O) groups excluding carboxylic acids is 1. The zero-order valence-electron chi connectivity index (χ0n) is 7.46. The lowest BCUT2D eigenvalue weighted by Crippen LogP contribution is -2.33. The third kappa shape index (κ3) is 1.33. The molecule has 5 heteroatoms. The van der Waals surface area contributed by atoms with Gasteiger partial charge in [0.2, 0.25) is 0 Å². The summed E-state index contributed by atoms with van der Waals surface area (Å²) in [5, 5.41) is 2.58. The fourth-order valence-corrected chi connectivity index (χ4v) is 1.81. The first-order valence-electron chi connectivity index (χ1n) is 4.01. The second kappa shape index (κ2) is 3.49. The lowest BCUT2D eigenvalue weighted by atomic mass is 10.1. The van der Waals surface area contributed by atoms with Gasteiger partial charge in [0, 0.05) is 4.47 Å². The normalized spacial score (nSPS) is 14.0. The van der Waals surface area contributed by atoms with Gasteiger partial charge in [-0.1, -0.05) is 0 Å². The molecule has 0 unspecified atom stereocenters. The first kappa shape index (κ1) is 9.33. The molecule has 0 aromatic heterocycles. The van der Waals surface area contributed by atoms with Crippen molar-refractivity contribution in [2.24, 2.45) is 0 Å². The lowest BCUT2D eigenvalue weighted by molar-refractivity contribution is 0.0878. The van der Waals surface area contributed by atoms with Crippen LogP contribution in [0.1, 0.15) is 10.4 Å². The summed E-state index contributed by atoms with van der Waals surface area (Å²) >= 11 is 3.29. The van der Waals surface area contributed by atoms with E-state index in [-0.39, 0.29) is 12.6 Å². The Kier molecular flexibility index (Phi) is 2.33. The minimum atomic E-state index is -0.156. The van der Waals surface area contributed by atoms with Gasteiger partial charge < -0.3 is 14.8 Å². The molecule has 0 saturated heterocycles. The molecule has 14 heavy (non-hydrogen) atoms. The number of nitrogens with one attached hydrogen (secondary N) is 1. The Morgan fingerprint density at radius 2 is 2.36 bits per heavy atom. The smallest absolute Gasteiger partial charge is 0.258 e. The molecule has 1 aliphatic rings. The quantitative estimate of drug-likeness (QED) is 0.831. The third-order valence-electron chi connectivity index (χ3n) is 1.97. The predicted molar refractivity (Wildman–Crippen MR) is 53.7 cm³/mol. The molecule has 0 saturated carbocycles. The minimum Gasteiger partial charge on any atom is -0.493 e. The molecule has 1 aliphatic heterocycles. The second-order valence-corrected chi connectivity index (χ2v) is 3.60. The second-order valence-electron chi connectivity index (χ2n) is 2.75. The van der Waals surface area contributed by atoms with Gasteiger partial charge in [-0.3, -0.25) is 4.79 Å². The highest BCUT2D eigenvalue weighted by Gasteiger charge is 2.24. The molecule has 1 aromatic carbocycles. The molecule has 0 fully saturated rings. The van der Waals surface area contributed by atoms with Crippen LogP contribution in [-0.4, -0.2) is 19.7 Å². The van der Waals surface area contributed by atoms with Gasteiger partial charge in [0.05, 0.1) is 12.7 Å². The molecule has 1 amide bonds. The van der Waals surface area contributed by atoms with E-state index in [0.29, 0.717) is 21.5 Å². The third-order valence-corrected chi connectivity index (χ3v) is 2.63. The molecule has 1 aromatic rings. The monoisotopic (exact) mass is 257 g/mol. The number of carbonyl (C=O) groups is 1. The Hall–Kier alpha value is -1.23. The summed E-state index contributed by atoms with van der Waals surface area (Å²) in [5.74, 6) is 0.903. The predicted octanol–water partition coefficient (Wildman–Crippen LogP) is 1.54. The van der Waals surface area contributed by atoms with Crippen LogP contribution < -0.4 is 14.8 Å². The number of hydrogen-bond acceptors (Lipinski definition) is 3. The highest BCUT2D eigenvalue weighted by Crippen LogP contribution is 2.37. The zero-order chi connectivity index (χ0) is 10.1. The Labute approximate surface area is 89.3 Å². The molecule has 0 bridgehead atoms. The van der Waals surface area contributed by atoms with E-state index in [9.17, 15) is 4.79 Å². The molecule has 4 nitrogen and oxygen atoms in total. The highest BCUT2D eigenvalue weighted by molar-refractivity contribution is 9.10. The van der Waals surface area contributed by atoms with Crippen LogP contribution >= 0.6 is 15.9 Å². The summed E-state index contributed by atoms with van der Waals surface area (Å²) < 4.78 is 11.1. The van der Waals surface area contributed by atoms with Crippen LogP contribution in [0.15, 0.2) is 16.6 Å². The first-order valence-corrected chi connectivity index (χ1v) is 4.81. The van der Waals surface area contributed by atoms with Crippen LogP contribution in [0.3, 0.4) is 0 Å². The molecule has 74 valence electrons. The summed E-state index contributed by atoms with van der Waals surface area (Å²) in [5.41, 5.74) is 0.482. The first-order chi connectivity index (χ1) is 6.74. The number of fused-ring (bicyclic) bond motifs is 1. The number of benzene rings is 1. The van der Waals surface area contributed by atoms with Gasteiger partial charge in [-0.05, 0) is 28.1 Å². The van der Waals surface area contributed by atoms with Crippen molar-refractivity contribution in [1.29, 1.82) is 0 Å². The van der Waals surface area contributed by atoms with Crippen molar-refractivity contribution >= 4 is 21.8 Å². The summed E-state index contributed by atoms with van der Waals surface area (Å²) in [7, 11) is 1.54. The topological polar surface area (TPSA) is 47.6 Å². The minimum absolute atomic E-state index is 0.156. The van der Waals surface area contributed by atoms with Gasteiger partial charge in [0.15, 0.2) is 18.2 Å². The molecule has 1 heterocycles. The van der Waals surface area contributed by atoms with Gasteiger partial charge in [-0.2, -0.15) is 0 Å². The summed E-state index contributed by atoms with van der Waals surface area (Å²) in [6, 6.07) is 3.51. The molecule has 0 atom stereocenters. The van der Waals surface area contributed by atoms with Crippen molar-refractivity contribution in [3.8, 4) is 11.5 Å². The lowest BCUT2D eigenvalue weighted by Gasteiger charge is -2.20. The molecule has 0 radical (unpaired) electrons. The molecule has 1 N–H and O–H groups in total. The van der Waals surface area contributed by atoms with Gasteiger partial charge in [0.25, 0.3) is 5.91 Å². The largest absolute Gasteiger partial charge is 0.493 e.